The number of nitrogens with zero attached hydrogens (tertiary/aromatic N) is 2. The smallest absolute Gasteiger partial charge is 0.410 e. The highest BCUT2D eigenvalue weighted by Gasteiger charge is 2.59. The number of carbonyl (C=O) groups excluding carboxylic acids is 1. The first-order chi connectivity index (χ1) is 7.83. The normalized spacial score (nSPS) is 32.3. The lowest BCUT2D eigenvalue weighted by atomic mass is 10.2. The number of rotatable bonds is 1. The van der Waals surface area contributed by atoms with Crippen LogP contribution in [0.25, 0.3) is 0 Å². The molecule has 0 radical (unpaired) electrons. The predicted molar refractivity (Wildman–Crippen MR) is 61.7 cm³/mol. The molecule has 0 unspecified atom stereocenters. The van der Waals surface area contributed by atoms with Gasteiger partial charge in [0, 0.05) is 19.0 Å². The lowest BCUT2D eigenvalue weighted by Gasteiger charge is -2.25. The van der Waals surface area contributed by atoms with Gasteiger partial charge in [-0.2, -0.15) is 0 Å². The van der Waals surface area contributed by atoms with Crippen LogP contribution in [0.2, 0.25) is 0 Å². The molecule has 3 atom stereocenters. The van der Waals surface area contributed by atoms with E-state index in [9.17, 15) is 4.79 Å². The summed E-state index contributed by atoms with van der Waals surface area (Å²) in [5.41, 5.74) is 5.09. The van der Waals surface area contributed by atoms with Gasteiger partial charge in [-0.3, -0.25) is 0 Å². The molecule has 1 heterocycles. The third kappa shape index (κ3) is 2.30. The third-order valence-electron chi connectivity index (χ3n) is 3.30. The lowest BCUT2D eigenvalue weighted by molar-refractivity contribution is 0.0270. The number of ether oxygens (including phenoxy) is 1. The first-order valence-electron chi connectivity index (χ1n) is 5.79. The highest BCUT2D eigenvalue weighted by molar-refractivity contribution is 5.86. The molecule has 2 aliphatic rings. The minimum atomic E-state index is -0.463. The molecule has 6 nitrogen and oxygen atoms in total. The van der Waals surface area contributed by atoms with Crippen molar-refractivity contribution in [3.63, 3.8) is 0 Å². The number of amidine groups is 1. The fraction of sp³-hybridized carbons (Fsp3) is 0.818. The first-order valence-corrected chi connectivity index (χ1v) is 5.79. The maximum Gasteiger partial charge on any atom is 0.410 e. The molecular formula is C11H19N3O3. The fourth-order valence-corrected chi connectivity index (χ4v) is 2.51. The summed E-state index contributed by atoms with van der Waals surface area (Å²) in [6.07, 6.45) is -0.275. The van der Waals surface area contributed by atoms with Gasteiger partial charge in [-0.25, -0.2) is 4.79 Å². The topological polar surface area (TPSA) is 88.2 Å². The predicted octanol–water partition coefficient (Wildman–Crippen LogP) is 0.846. The lowest BCUT2D eigenvalue weighted by Crippen LogP contribution is -2.38. The summed E-state index contributed by atoms with van der Waals surface area (Å²) in [4.78, 5) is 13.5. The minimum absolute atomic E-state index is 0.138. The molecule has 0 aromatic rings. The van der Waals surface area contributed by atoms with Crippen LogP contribution in [0.1, 0.15) is 20.8 Å². The number of hydrogen-bond donors (Lipinski definition) is 2. The van der Waals surface area contributed by atoms with Crippen LogP contribution in [-0.4, -0.2) is 40.7 Å². The van der Waals surface area contributed by atoms with Gasteiger partial charge in [-0.1, -0.05) is 5.16 Å². The van der Waals surface area contributed by atoms with Crippen molar-refractivity contribution in [2.45, 2.75) is 26.4 Å². The summed E-state index contributed by atoms with van der Waals surface area (Å²) in [5, 5.41) is 11.6. The van der Waals surface area contributed by atoms with Crippen molar-refractivity contribution in [1.82, 2.24) is 4.90 Å². The zero-order valence-corrected chi connectivity index (χ0v) is 10.4. The second kappa shape index (κ2) is 3.78. The van der Waals surface area contributed by atoms with Gasteiger partial charge in [0.05, 0.1) is 0 Å². The van der Waals surface area contributed by atoms with Gasteiger partial charge in [0.1, 0.15) is 11.4 Å². The summed E-state index contributed by atoms with van der Waals surface area (Å²) in [6.45, 7) is 6.82. The Labute approximate surface area is 100 Å². The maximum atomic E-state index is 11.8. The van der Waals surface area contributed by atoms with Crippen LogP contribution in [0.15, 0.2) is 5.16 Å². The second-order valence-electron chi connectivity index (χ2n) is 5.76. The molecule has 96 valence electrons. The van der Waals surface area contributed by atoms with Crippen LogP contribution >= 0.6 is 0 Å². The molecule has 0 bridgehead atoms. The van der Waals surface area contributed by atoms with Gasteiger partial charge in [-0.15, -0.1) is 0 Å². The number of amides is 1. The molecule has 1 saturated heterocycles. The van der Waals surface area contributed by atoms with Crippen molar-refractivity contribution in [1.29, 1.82) is 0 Å². The van der Waals surface area contributed by atoms with E-state index in [0.717, 1.165) is 0 Å². The molecule has 1 saturated carbocycles. The van der Waals surface area contributed by atoms with Crippen LogP contribution in [-0.2, 0) is 4.74 Å². The van der Waals surface area contributed by atoms with Crippen LogP contribution in [0, 0.1) is 17.8 Å². The SMILES string of the molecule is CC(C)(C)OC(=O)N1C[C@@H]2[C@H](C1)[C@H]2/C(N)=N/O. The molecule has 1 aliphatic heterocycles. The average molecular weight is 241 g/mol. The third-order valence-corrected chi connectivity index (χ3v) is 3.30. The van der Waals surface area contributed by atoms with Crippen molar-refractivity contribution >= 4 is 11.9 Å². The fourth-order valence-electron chi connectivity index (χ4n) is 2.51. The van der Waals surface area contributed by atoms with Crippen molar-refractivity contribution in [2.75, 3.05) is 13.1 Å². The van der Waals surface area contributed by atoms with Crippen LogP contribution in [0.4, 0.5) is 4.79 Å². The summed E-state index contributed by atoms with van der Waals surface area (Å²) >= 11 is 0. The Morgan fingerprint density at radius 1 is 1.41 bits per heavy atom. The van der Waals surface area contributed by atoms with Crippen molar-refractivity contribution in [2.24, 2.45) is 28.6 Å². The van der Waals surface area contributed by atoms with Crippen LogP contribution in [0.3, 0.4) is 0 Å². The molecular weight excluding hydrogens is 222 g/mol. The van der Waals surface area contributed by atoms with E-state index in [4.69, 9.17) is 15.7 Å². The highest BCUT2D eigenvalue weighted by Crippen LogP contribution is 2.51. The number of likely N-dealkylation sites (tertiary alicyclic amines) is 1. The van der Waals surface area contributed by atoms with E-state index >= 15 is 0 Å². The van der Waals surface area contributed by atoms with Gasteiger partial charge in [-0.05, 0) is 32.6 Å². The zero-order valence-electron chi connectivity index (χ0n) is 10.4. The Morgan fingerprint density at radius 2 is 1.94 bits per heavy atom. The highest BCUT2D eigenvalue weighted by atomic mass is 16.6. The summed E-state index contributed by atoms with van der Waals surface area (Å²) in [7, 11) is 0. The number of piperidine rings is 1. The second-order valence-corrected chi connectivity index (χ2v) is 5.76. The Morgan fingerprint density at radius 3 is 2.35 bits per heavy atom. The van der Waals surface area contributed by atoms with E-state index in [1.807, 2.05) is 20.8 Å². The maximum absolute atomic E-state index is 11.8. The zero-order chi connectivity index (χ0) is 12.8. The molecule has 0 spiro atoms. The van der Waals surface area contributed by atoms with E-state index in [-0.39, 0.29) is 17.8 Å². The molecule has 6 heteroatoms. The number of hydrogen-bond acceptors (Lipinski definition) is 4. The number of fused-ring (bicyclic) bond motifs is 1. The average Bonchev–Trinajstić information content (AvgIpc) is 2.69. The van der Waals surface area contributed by atoms with Crippen molar-refractivity contribution in [3.05, 3.63) is 0 Å². The number of carbonyl (C=O) groups is 1. The Hall–Kier alpha value is -1.46. The Kier molecular flexibility index (Phi) is 2.67. The Balaban J connectivity index is 1.85. The summed E-state index contributed by atoms with van der Waals surface area (Å²) < 4.78 is 5.29. The van der Waals surface area contributed by atoms with Gasteiger partial charge in [0.25, 0.3) is 0 Å². The standard InChI is InChI=1S/C11H19N3O3/c1-11(2,3)17-10(15)14-4-6-7(5-14)8(6)9(12)13-16/h6-8,16H,4-5H2,1-3H3,(H2,12,13)/t6-,7+,8+. The van der Waals surface area contributed by atoms with Gasteiger partial charge < -0.3 is 20.6 Å². The van der Waals surface area contributed by atoms with Crippen molar-refractivity contribution in [3.8, 4) is 0 Å². The molecule has 3 N–H and O–H groups in total. The molecule has 1 amide bonds. The van der Waals surface area contributed by atoms with Crippen molar-refractivity contribution < 1.29 is 14.7 Å². The van der Waals surface area contributed by atoms with Gasteiger partial charge in [0.2, 0.25) is 0 Å². The van der Waals surface area contributed by atoms with Gasteiger partial charge >= 0.3 is 6.09 Å². The van der Waals surface area contributed by atoms with E-state index in [1.54, 1.807) is 4.90 Å². The molecule has 1 aliphatic carbocycles. The molecule has 2 fully saturated rings. The molecule has 0 aromatic carbocycles. The number of oxime groups is 1. The molecule has 17 heavy (non-hydrogen) atoms. The van der Waals surface area contributed by atoms with Gasteiger partial charge in [0.15, 0.2) is 0 Å². The summed E-state index contributed by atoms with van der Waals surface area (Å²) in [6, 6.07) is 0. The van der Waals surface area contributed by atoms with Crippen LogP contribution in [0.5, 0.6) is 0 Å². The summed E-state index contributed by atoms with van der Waals surface area (Å²) in [5.74, 6) is 1.08. The van der Waals surface area contributed by atoms with Crippen LogP contribution < -0.4 is 5.73 Å². The van der Waals surface area contributed by atoms with E-state index in [1.165, 1.54) is 0 Å². The largest absolute Gasteiger partial charge is 0.444 e. The first kappa shape index (κ1) is 12.0. The number of nitrogens with two attached hydrogens (primary N) is 1. The van der Waals surface area contributed by atoms with E-state index < -0.39 is 5.60 Å². The monoisotopic (exact) mass is 241 g/mol. The minimum Gasteiger partial charge on any atom is -0.444 e. The van der Waals surface area contributed by atoms with E-state index in [0.29, 0.717) is 24.9 Å². The molecule has 2 rings (SSSR count). The Bertz CT molecular complexity index is 349. The quantitative estimate of drug-likeness (QED) is 0.308. The van der Waals surface area contributed by atoms with E-state index in [2.05, 4.69) is 5.16 Å². The molecule has 0 aromatic heterocycles.